The molecule has 0 aliphatic carbocycles. The van der Waals surface area contributed by atoms with Gasteiger partial charge in [-0.3, -0.25) is 4.79 Å². The molecule has 1 aromatic rings. The fourth-order valence-electron chi connectivity index (χ4n) is 3.68. The van der Waals surface area contributed by atoms with Crippen LogP contribution in [0.15, 0.2) is 18.2 Å². The average Bonchev–Trinajstić information content (AvgIpc) is 2.66. The molecule has 0 unspecified atom stereocenters. The Bertz CT molecular complexity index is 628. The van der Waals surface area contributed by atoms with Crippen molar-refractivity contribution in [2.45, 2.75) is 44.2 Å². The third-order valence-electron chi connectivity index (χ3n) is 5.18. The smallest absolute Gasteiger partial charge is 0.416 e. The van der Waals surface area contributed by atoms with Gasteiger partial charge in [-0.15, -0.1) is 12.4 Å². The number of hydrogen-bond acceptors (Lipinski definition) is 3. The van der Waals surface area contributed by atoms with Crippen molar-refractivity contribution in [1.82, 2.24) is 10.2 Å². The first kappa shape index (κ1) is 21.8. The molecule has 2 fully saturated rings. The van der Waals surface area contributed by atoms with Crippen molar-refractivity contribution in [2.75, 3.05) is 32.8 Å². The Morgan fingerprint density at radius 2 is 1.81 bits per heavy atom. The first-order valence-electron chi connectivity index (χ1n) is 9.27. The number of likely N-dealkylation sites (tertiary alicyclic amines) is 1. The van der Waals surface area contributed by atoms with Crippen LogP contribution in [0.2, 0.25) is 0 Å². The third-order valence-corrected chi connectivity index (χ3v) is 5.18. The molecule has 0 saturated carbocycles. The SMILES string of the molecule is Cl.O=C(COc1ccc(C(F)(F)F)cc1C1CCNCC1)N1CCCCC1. The molecule has 0 aromatic heterocycles. The number of nitrogens with one attached hydrogen (secondary N) is 1. The summed E-state index contributed by atoms with van der Waals surface area (Å²) in [5.41, 5.74) is -0.103. The highest BCUT2D eigenvalue weighted by molar-refractivity contribution is 5.85. The minimum Gasteiger partial charge on any atom is -0.483 e. The quantitative estimate of drug-likeness (QED) is 0.822. The number of halogens is 4. The number of amides is 1. The van der Waals surface area contributed by atoms with Gasteiger partial charge in [0, 0.05) is 13.1 Å². The van der Waals surface area contributed by atoms with E-state index in [1.165, 1.54) is 12.1 Å². The number of rotatable bonds is 4. The molecule has 1 amide bonds. The van der Waals surface area contributed by atoms with E-state index in [1.54, 1.807) is 4.90 Å². The fourth-order valence-corrected chi connectivity index (χ4v) is 3.68. The Kier molecular flexibility index (Phi) is 7.79. The van der Waals surface area contributed by atoms with Gasteiger partial charge in [0.2, 0.25) is 0 Å². The second-order valence-corrected chi connectivity index (χ2v) is 7.00. The number of carbonyl (C=O) groups excluding carboxylic acids is 1. The molecule has 2 heterocycles. The van der Waals surface area contributed by atoms with E-state index in [0.29, 0.717) is 11.3 Å². The summed E-state index contributed by atoms with van der Waals surface area (Å²) in [6.07, 6.45) is 0.251. The summed E-state index contributed by atoms with van der Waals surface area (Å²) in [7, 11) is 0. The summed E-state index contributed by atoms with van der Waals surface area (Å²) in [6.45, 7) is 2.89. The van der Waals surface area contributed by atoms with Gasteiger partial charge in [-0.1, -0.05) is 0 Å². The van der Waals surface area contributed by atoms with Gasteiger partial charge in [0.25, 0.3) is 5.91 Å². The maximum absolute atomic E-state index is 13.1. The van der Waals surface area contributed by atoms with Crippen LogP contribution in [0.5, 0.6) is 5.75 Å². The van der Waals surface area contributed by atoms with Crippen LogP contribution >= 0.6 is 12.4 Å². The molecule has 152 valence electrons. The van der Waals surface area contributed by atoms with Gasteiger partial charge in [-0.2, -0.15) is 13.2 Å². The van der Waals surface area contributed by atoms with Gasteiger partial charge >= 0.3 is 6.18 Å². The Morgan fingerprint density at radius 3 is 2.44 bits per heavy atom. The van der Waals surface area contributed by atoms with Crippen molar-refractivity contribution in [3.63, 3.8) is 0 Å². The zero-order valence-electron chi connectivity index (χ0n) is 15.2. The fraction of sp³-hybridized carbons (Fsp3) is 0.632. The van der Waals surface area contributed by atoms with Crippen LogP contribution in [-0.2, 0) is 11.0 Å². The number of hydrogen-bond donors (Lipinski definition) is 1. The van der Waals surface area contributed by atoms with Crippen molar-refractivity contribution in [3.05, 3.63) is 29.3 Å². The highest BCUT2D eigenvalue weighted by Crippen LogP contribution is 2.38. The van der Waals surface area contributed by atoms with E-state index in [0.717, 1.165) is 64.3 Å². The van der Waals surface area contributed by atoms with Crippen molar-refractivity contribution in [3.8, 4) is 5.75 Å². The highest BCUT2D eigenvalue weighted by Gasteiger charge is 2.32. The molecule has 27 heavy (non-hydrogen) atoms. The van der Waals surface area contributed by atoms with Crippen LogP contribution in [-0.4, -0.2) is 43.6 Å². The topological polar surface area (TPSA) is 41.6 Å². The Balaban J connectivity index is 0.00000261. The number of piperidine rings is 2. The van der Waals surface area contributed by atoms with Crippen molar-refractivity contribution in [2.24, 2.45) is 0 Å². The van der Waals surface area contributed by atoms with E-state index in [9.17, 15) is 18.0 Å². The molecule has 0 atom stereocenters. The van der Waals surface area contributed by atoms with E-state index in [-0.39, 0.29) is 30.8 Å². The molecular formula is C19H26ClF3N2O2. The van der Waals surface area contributed by atoms with E-state index >= 15 is 0 Å². The Morgan fingerprint density at radius 1 is 1.15 bits per heavy atom. The van der Waals surface area contributed by atoms with Gasteiger partial charge in [-0.05, 0) is 74.9 Å². The van der Waals surface area contributed by atoms with Gasteiger partial charge in [0.05, 0.1) is 5.56 Å². The summed E-state index contributed by atoms with van der Waals surface area (Å²) < 4.78 is 45.0. The van der Waals surface area contributed by atoms with E-state index in [2.05, 4.69) is 5.32 Å². The number of nitrogens with zero attached hydrogens (tertiary/aromatic N) is 1. The normalized spacial score (nSPS) is 18.7. The van der Waals surface area contributed by atoms with Crippen molar-refractivity contribution >= 4 is 18.3 Å². The second kappa shape index (κ2) is 9.64. The lowest BCUT2D eigenvalue weighted by molar-refractivity contribution is -0.138. The molecule has 4 nitrogen and oxygen atoms in total. The summed E-state index contributed by atoms with van der Waals surface area (Å²) in [6, 6.07) is 3.59. The van der Waals surface area contributed by atoms with Crippen LogP contribution < -0.4 is 10.1 Å². The van der Waals surface area contributed by atoms with Gasteiger partial charge in [-0.25, -0.2) is 0 Å². The molecule has 0 bridgehead atoms. The van der Waals surface area contributed by atoms with E-state index in [4.69, 9.17) is 4.74 Å². The minimum atomic E-state index is -4.39. The zero-order chi connectivity index (χ0) is 18.6. The number of carbonyl (C=O) groups is 1. The molecule has 3 rings (SSSR count). The van der Waals surface area contributed by atoms with Crippen LogP contribution in [0.1, 0.15) is 49.1 Å². The average molecular weight is 407 g/mol. The number of ether oxygens (including phenoxy) is 1. The molecule has 1 N–H and O–H groups in total. The zero-order valence-corrected chi connectivity index (χ0v) is 16.0. The Hall–Kier alpha value is -1.47. The minimum absolute atomic E-state index is 0. The molecule has 0 radical (unpaired) electrons. The summed E-state index contributed by atoms with van der Waals surface area (Å²) >= 11 is 0. The Labute approximate surface area is 163 Å². The molecule has 2 aliphatic heterocycles. The largest absolute Gasteiger partial charge is 0.483 e. The van der Waals surface area contributed by atoms with Crippen LogP contribution in [0.3, 0.4) is 0 Å². The summed E-state index contributed by atoms with van der Waals surface area (Å²) in [5, 5.41) is 3.22. The predicted molar refractivity (Wildman–Crippen MR) is 99.5 cm³/mol. The number of benzene rings is 1. The lowest BCUT2D eigenvalue weighted by Crippen LogP contribution is -2.38. The maximum atomic E-state index is 13.1. The summed E-state index contributed by atoms with van der Waals surface area (Å²) in [4.78, 5) is 14.1. The number of alkyl halides is 3. The van der Waals surface area contributed by atoms with Crippen molar-refractivity contribution in [1.29, 1.82) is 0 Å². The van der Waals surface area contributed by atoms with E-state index in [1.807, 2.05) is 0 Å². The van der Waals surface area contributed by atoms with E-state index < -0.39 is 11.7 Å². The lowest BCUT2D eigenvalue weighted by Gasteiger charge is -2.28. The predicted octanol–water partition coefficient (Wildman–Crippen LogP) is 3.99. The van der Waals surface area contributed by atoms with Crippen LogP contribution in [0.4, 0.5) is 13.2 Å². The van der Waals surface area contributed by atoms with Gasteiger partial charge < -0.3 is 15.0 Å². The van der Waals surface area contributed by atoms with Crippen molar-refractivity contribution < 1.29 is 22.7 Å². The molecule has 1 aromatic carbocycles. The summed E-state index contributed by atoms with van der Waals surface area (Å²) in [5.74, 6) is 0.315. The monoisotopic (exact) mass is 406 g/mol. The third kappa shape index (κ3) is 5.75. The first-order valence-corrected chi connectivity index (χ1v) is 9.27. The highest BCUT2D eigenvalue weighted by atomic mass is 35.5. The molecule has 2 aliphatic rings. The first-order chi connectivity index (χ1) is 12.4. The van der Waals surface area contributed by atoms with Gasteiger partial charge in [0.15, 0.2) is 6.61 Å². The molecular weight excluding hydrogens is 381 g/mol. The molecule has 0 spiro atoms. The standard InChI is InChI=1S/C19H25F3N2O2.ClH/c20-19(21,22)15-4-5-17(16(12-15)14-6-8-23-9-7-14)26-13-18(25)24-10-2-1-3-11-24;/h4-5,12,14,23H,1-3,6-11,13H2;1H. The van der Waals surface area contributed by atoms with Gasteiger partial charge in [0.1, 0.15) is 5.75 Å². The lowest BCUT2D eigenvalue weighted by atomic mass is 9.88. The molecule has 8 heteroatoms. The van der Waals surface area contributed by atoms with Crippen LogP contribution in [0.25, 0.3) is 0 Å². The van der Waals surface area contributed by atoms with Crippen LogP contribution in [0, 0.1) is 0 Å². The second-order valence-electron chi connectivity index (χ2n) is 7.00. The maximum Gasteiger partial charge on any atom is 0.416 e. The molecule has 2 saturated heterocycles.